The number of benzene rings is 1. The number of para-hydroxylation sites is 1. The molecule has 0 amide bonds. The number of nitrogen functional groups attached to an aromatic ring is 1. The Labute approximate surface area is 109 Å². The van der Waals surface area contributed by atoms with Crippen molar-refractivity contribution in [3.8, 4) is 5.75 Å². The smallest absolute Gasteiger partial charge is 0.143 e. The van der Waals surface area contributed by atoms with E-state index in [4.69, 9.17) is 10.5 Å². The van der Waals surface area contributed by atoms with Crippen LogP contribution >= 0.6 is 0 Å². The fourth-order valence-electron chi connectivity index (χ4n) is 2.40. The Morgan fingerprint density at radius 3 is 2.78 bits per heavy atom. The topological polar surface area (TPSA) is 50.5 Å². The molecule has 1 aromatic rings. The van der Waals surface area contributed by atoms with Crippen LogP contribution in [0.2, 0.25) is 0 Å². The molecule has 0 atom stereocenters. The summed E-state index contributed by atoms with van der Waals surface area (Å²) in [5, 5.41) is 3.45. The standard InChI is InChI=1S/C14H23N3O/c1-17-8-6-11(7-9-17)10-16-12-4-3-5-13(18-2)14(12)15/h3-5,11,16H,6-10,15H2,1-2H3. The van der Waals surface area contributed by atoms with Crippen molar-refractivity contribution in [2.45, 2.75) is 12.8 Å². The van der Waals surface area contributed by atoms with Crippen molar-refractivity contribution >= 4 is 11.4 Å². The lowest BCUT2D eigenvalue weighted by molar-refractivity contribution is 0.226. The van der Waals surface area contributed by atoms with Gasteiger partial charge in [-0.25, -0.2) is 0 Å². The molecule has 0 bridgehead atoms. The van der Waals surface area contributed by atoms with Crippen LogP contribution in [0.4, 0.5) is 11.4 Å². The molecule has 0 aromatic heterocycles. The average molecular weight is 249 g/mol. The van der Waals surface area contributed by atoms with Crippen molar-refractivity contribution in [1.29, 1.82) is 0 Å². The van der Waals surface area contributed by atoms with Crippen molar-refractivity contribution in [3.05, 3.63) is 18.2 Å². The molecule has 18 heavy (non-hydrogen) atoms. The highest BCUT2D eigenvalue weighted by Crippen LogP contribution is 2.29. The Balaban J connectivity index is 1.90. The lowest BCUT2D eigenvalue weighted by Crippen LogP contribution is -2.33. The number of hydrogen-bond acceptors (Lipinski definition) is 4. The highest BCUT2D eigenvalue weighted by Gasteiger charge is 2.16. The van der Waals surface area contributed by atoms with Gasteiger partial charge in [0.05, 0.1) is 18.5 Å². The zero-order valence-electron chi connectivity index (χ0n) is 11.3. The number of hydrogen-bond donors (Lipinski definition) is 2. The van der Waals surface area contributed by atoms with Crippen LogP contribution in [0.1, 0.15) is 12.8 Å². The van der Waals surface area contributed by atoms with Crippen LogP contribution in [0.3, 0.4) is 0 Å². The molecule has 0 unspecified atom stereocenters. The molecule has 0 spiro atoms. The van der Waals surface area contributed by atoms with Crippen LogP contribution in [0.15, 0.2) is 18.2 Å². The first-order chi connectivity index (χ1) is 8.70. The van der Waals surface area contributed by atoms with Crippen molar-refractivity contribution in [1.82, 2.24) is 4.90 Å². The van der Waals surface area contributed by atoms with Crippen LogP contribution in [0, 0.1) is 5.92 Å². The molecule has 0 aliphatic carbocycles. The molecule has 0 saturated carbocycles. The summed E-state index contributed by atoms with van der Waals surface area (Å²) in [6.07, 6.45) is 2.51. The molecule has 4 nitrogen and oxygen atoms in total. The summed E-state index contributed by atoms with van der Waals surface area (Å²) in [6.45, 7) is 3.38. The van der Waals surface area contributed by atoms with Gasteiger partial charge >= 0.3 is 0 Å². The van der Waals surface area contributed by atoms with E-state index >= 15 is 0 Å². The molecule has 2 rings (SSSR count). The largest absolute Gasteiger partial charge is 0.495 e. The molecule has 1 fully saturated rings. The second kappa shape index (κ2) is 5.96. The van der Waals surface area contributed by atoms with Crippen molar-refractivity contribution in [3.63, 3.8) is 0 Å². The monoisotopic (exact) mass is 249 g/mol. The van der Waals surface area contributed by atoms with E-state index in [1.807, 2.05) is 18.2 Å². The first kappa shape index (κ1) is 13.0. The van der Waals surface area contributed by atoms with Crippen LogP contribution in [-0.2, 0) is 0 Å². The minimum atomic E-state index is 0.702. The third-order valence-corrected chi connectivity index (χ3v) is 3.71. The maximum atomic E-state index is 6.04. The Bertz CT molecular complexity index is 387. The summed E-state index contributed by atoms with van der Waals surface area (Å²) in [5.74, 6) is 1.48. The fourth-order valence-corrected chi connectivity index (χ4v) is 2.40. The first-order valence-electron chi connectivity index (χ1n) is 6.55. The predicted octanol–water partition coefficient (Wildman–Crippen LogP) is 2.03. The number of nitrogens with two attached hydrogens (primary N) is 1. The average Bonchev–Trinajstić information content (AvgIpc) is 2.39. The van der Waals surface area contributed by atoms with Gasteiger partial charge in [0.25, 0.3) is 0 Å². The number of anilines is 2. The molecular formula is C14H23N3O. The molecule has 1 aliphatic heterocycles. The summed E-state index contributed by atoms with van der Waals surface area (Å²) in [6, 6.07) is 5.86. The third-order valence-electron chi connectivity index (χ3n) is 3.71. The maximum absolute atomic E-state index is 6.04. The highest BCUT2D eigenvalue weighted by molar-refractivity contribution is 5.72. The quantitative estimate of drug-likeness (QED) is 0.802. The molecule has 1 saturated heterocycles. The summed E-state index contributed by atoms with van der Waals surface area (Å²) >= 11 is 0. The molecule has 0 radical (unpaired) electrons. The number of nitrogens with one attached hydrogen (secondary N) is 1. The van der Waals surface area contributed by atoms with E-state index in [0.29, 0.717) is 5.69 Å². The second-order valence-corrected chi connectivity index (χ2v) is 5.05. The Morgan fingerprint density at radius 2 is 2.11 bits per heavy atom. The normalized spacial score (nSPS) is 17.7. The van der Waals surface area contributed by atoms with Gasteiger partial charge in [-0.1, -0.05) is 6.07 Å². The lowest BCUT2D eigenvalue weighted by Gasteiger charge is -2.29. The van der Waals surface area contributed by atoms with E-state index in [2.05, 4.69) is 17.3 Å². The van der Waals surface area contributed by atoms with Crippen molar-refractivity contribution in [2.75, 3.05) is 44.8 Å². The van der Waals surface area contributed by atoms with E-state index in [1.165, 1.54) is 25.9 Å². The van der Waals surface area contributed by atoms with E-state index in [9.17, 15) is 0 Å². The third kappa shape index (κ3) is 3.07. The van der Waals surface area contributed by atoms with Crippen molar-refractivity contribution < 1.29 is 4.74 Å². The van der Waals surface area contributed by atoms with Gasteiger partial charge in [-0.2, -0.15) is 0 Å². The van der Waals surface area contributed by atoms with Crippen LogP contribution < -0.4 is 15.8 Å². The molecule has 4 heteroatoms. The van der Waals surface area contributed by atoms with Gasteiger partial charge < -0.3 is 20.7 Å². The van der Waals surface area contributed by atoms with Gasteiger partial charge in [-0.3, -0.25) is 0 Å². The molecule has 1 heterocycles. The SMILES string of the molecule is COc1cccc(NCC2CCN(C)CC2)c1N. The number of nitrogens with zero attached hydrogens (tertiary/aromatic N) is 1. The van der Waals surface area contributed by atoms with E-state index < -0.39 is 0 Å². The Morgan fingerprint density at radius 1 is 1.39 bits per heavy atom. The molecular weight excluding hydrogens is 226 g/mol. The first-order valence-corrected chi connectivity index (χ1v) is 6.55. The van der Waals surface area contributed by atoms with Gasteiger partial charge in [0.1, 0.15) is 5.75 Å². The highest BCUT2D eigenvalue weighted by atomic mass is 16.5. The number of piperidine rings is 1. The van der Waals surface area contributed by atoms with Gasteiger partial charge in [0, 0.05) is 6.54 Å². The molecule has 1 aromatic carbocycles. The number of methoxy groups -OCH3 is 1. The van der Waals surface area contributed by atoms with Gasteiger partial charge in [0.2, 0.25) is 0 Å². The molecule has 100 valence electrons. The van der Waals surface area contributed by atoms with Gasteiger partial charge in [-0.05, 0) is 51.0 Å². The van der Waals surface area contributed by atoms with Crippen LogP contribution in [0.25, 0.3) is 0 Å². The number of rotatable bonds is 4. The Hall–Kier alpha value is -1.42. The molecule has 1 aliphatic rings. The predicted molar refractivity (Wildman–Crippen MR) is 76.1 cm³/mol. The number of likely N-dealkylation sites (tertiary alicyclic amines) is 1. The van der Waals surface area contributed by atoms with Crippen molar-refractivity contribution in [2.24, 2.45) is 5.92 Å². The molecule has 3 N–H and O–H groups in total. The van der Waals surface area contributed by atoms with Gasteiger partial charge in [0.15, 0.2) is 0 Å². The second-order valence-electron chi connectivity index (χ2n) is 5.05. The van der Waals surface area contributed by atoms with Crippen LogP contribution in [-0.4, -0.2) is 38.7 Å². The lowest BCUT2D eigenvalue weighted by atomic mass is 9.97. The summed E-state index contributed by atoms with van der Waals surface area (Å²) in [5.41, 5.74) is 7.72. The zero-order valence-corrected chi connectivity index (χ0v) is 11.3. The summed E-state index contributed by atoms with van der Waals surface area (Å²) < 4.78 is 5.22. The number of ether oxygens (including phenoxy) is 1. The minimum Gasteiger partial charge on any atom is -0.495 e. The minimum absolute atomic E-state index is 0.702. The maximum Gasteiger partial charge on any atom is 0.143 e. The van der Waals surface area contributed by atoms with E-state index in [-0.39, 0.29) is 0 Å². The van der Waals surface area contributed by atoms with Crippen LogP contribution in [0.5, 0.6) is 5.75 Å². The van der Waals surface area contributed by atoms with E-state index in [1.54, 1.807) is 7.11 Å². The fraction of sp³-hybridized carbons (Fsp3) is 0.571. The van der Waals surface area contributed by atoms with E-state index in [0.717, 1.165) is 23.9 Å². The van der Waals surface area contributed by atoms with Gasteiger partial charge in [-0.15, -0.1) is 0 Å². The summed E-state index contributed by atoms with van der Waals surface area (Å²) in [4.78, 5) is 2.39. The zero-order chi connectivity index (χ0) is 13.0. The summed E-state index contributed by atoms with van der Waals surface area (Å²) in [7, 11) is 3.83. The Kier molecular flexibility index (Phi) is 4.31.